The third kappa shape index (κ3) is 3.40. The topological polar surface area (TPSA) is 49.9 Å². The smallest absolute Gasteiger partial charge is 0.226 e. The second-order valence-corrected chi connectivity index (χ2v) is 5.90. The van der Waals surface area contributed by atoms with Gasteiger partial charge in [0.05, 0.1) is 13.2 Å². The number of ether oxygens (including phenoxy) is 1. The number of carbonyl (C=O) groups is 2. The highest BCUT2D eigenvalue weighted by atomic mass is 16.5. The quantitative estimate of drug-likeness (QED) is 0.856. The fourth-order valence-electron chi connectivity index (χ4n) is 2.74. The van der Waals surface area contributed by atoms with Crippen molar-refractivity contribution in [2.45, 2.75) is 25.8 Å². The molecule has 0 aromatic heterocycles. The number of rotatable bonds is 4. The van der Waals surface area contributed by atoms with Crippen LogP contribution < -0.4 is 4.74 Å². The summed E-state index contributed by atoms with van der Waals surface area (Å²) in [6, 6.07) is 7.68. The normalized spacial score (nSPS) is 19.7. The minimum absolute atomic E-state index is 0.0341. The number of nitrogens with zero attached hydrogens (tertiary/aromatic N) is 2. The van der Waals surface area contributed by atoms with Gasteiger partial charge in [0.15, 0.2) is 0 Å². The Balaban J connectivity index is 2.04. The van der Waals surface area contributed by atoms with Gasteiger partial charge in [0.2, 0.25) is 11.8 Å². The Kier molecular flexibility index (Phi) is 5.06. The second kappa shape index (κ2) is 6.81. The maximum atomic E-state index is 12.6. The number of hydrogen-bond donors (Lipinski definition) is 0. The second-order valence-electron chi connectivity index (χ2n) is 5.90. The van der Waals surface area contributed by atoms with Crippen molar-refractivity contribution in [1.29, 1.82) is 0 Å². The summed E-state index contributed by atoms with van der Waals surface area (Å²) in [5.41, 5.74) is 1.05. The summed E-state index contributed by atoms with van der Waals surface area (Å²) in [5, 5.41) is 0. The Hall–Kier alpha value is -2.04. The van der Waals surface area contributed by atoms with Crippen LogP contribution in [0.2, 0.25) is 0 Å². The molecule has 5 heteroatoms. The standard InChI is InChI=1S/C17H24N2O3/c1-12(13-5-7-15(22-4)8-6-13)19(3)17(21)14-9-10-18(2)16(20)11-14/h5-8,12,14H,9-11H2,1-4H3/t12-,14-/m0/s1. The van der Waals surface area contributed by atoms with E-state index in [1.807, 2.05) is 31.2 Å². The number of piperidine rings is 1. The fourth-order valence-corrected chi connectivity index (χ4v) is 2.74. The zero-order chi connectivity index (χ0) is 16.3. The van der Waals surface area contributed by atoms with E-state index in [1.165, 1.54) is 0 Å². The zero-order valence-corrected chi connectivity index (χ0v) is 13.7. The summed E-state index contributed by atoms with van der Waals surface area (Å²) in [6.07, 6.45) is 1.05. The van der Waals surface area contributed by atoms with E-state index < -0.39 is 0 Å². The summed E-state index contributed by atoms with van der Waals surface area (Å²) in [7, 11) is 5.22. The van der Waals surface area contributed by atoms with Gasteiger partial charge in [-0.3, -0.25) is 9.59 Å². The first kappa shape index (κ1) is 16.3. The maximum absolute atomic E-state index is 12.6. The molecule has 120 valence electrons. The van der Waals surface area contributed by atoms with Gasteiger partial charge in [0.25, 0.3) is 0 Å². The van der Waals surface area contributed by atoms with E-state index in [1.54, 1.807) is 31.0 Å². The molecule has 1 fully saturated rings. The third-order valence-corrected chi connectivity index (χ3v) is 4.54. The Labute approximate surface area is 131 Å². The van der Waals surface area contributed by atoms with Crippen LogP contribution in [-0.2, 0) is 9.59 Å². The van der Waals surface area contributed by atoms with Crippen LogP contribution in [0.5, 0.6) is 5.75 Å². The molecule has 5 nitrogen and oxygen atoms in total. The molecule has 1 aliphatic rings. The average Bonchev–Trinajstić information content (AvgIpc) is 2.55. The van der Waals surface area contributed by atoms with Crippen molar-refractivity contribution < 1.29 is 14.3 Å². The van der Waals surface area contributed by atoms with E-state index in [2.05, 4.69) is 0 Å². The lowest BCUT2D eigenvalue weighted by atomic mass is 9.94. The number of hydrogen-bond acceptors (Lipinski definition) is 3. The van der Waals surface area contributed by atoms with E-state index in [0.717, 1.165) is 17.7 Å². The predicted molar refractivity (Wildman–Crippen MR) is 84.5 cm³/mol. The first-order chi connectivity index (χ1) is 10.4. The molecule has 0 spiro atoms. The summed E-state index contributed by atoms with van der Waals surface area (Å²) < 4.78 is 5.15. The molecule has 0 unspecified atom stereocenters. The lowest BCUT2D eigenvalue weighted by Gasteiger charge is -2.33. The molecule has 22 heavy (non-hydrogen) atoms. The van der Waals surface area contributed by atoms with Gasteiger partial charge in [0, 0.05) is 33.0 Å². The van der Waals surface area contributed by atoms with Crippen molar-refractivity contribution in [1.82, 2.24) is 9.80 Å². The highest BCUT2D eigenvalue weighted by Gasteiger charge is 2.32. The molecule has 0 bridgehead atoms. The lowest BCUT2D eigenvalue weighted by Crippen LogP contribution is -2.43. The van der Waals surface area contributed by atoms with E-state index in [-0.39, 0.29) is 23.8 Å². The van der Waals surface area contributed by atoms with Gasteiger partial charge < -0.3 is 14.5 Å². The van der Waals surface area contributed by atoms with Crippen molar-refractivity contribution in [2.75, 3.05) is 27.7 Å². The van der Waals surface area contributed by atoms with Crippen LogP contribution in [-0.4, -0.2) is 49.4 Å². The van der Waals surface area contributed by atoms with E-state index in [0.29, 0.717) is 13.0 Å². The largest absolute Gasteiger partial charge is 0.497 e. The molecule has 1 aliphatic heterocycles. The minimum atomic E-state index is -0.200. The SMILES string of the molecule is COc1ccc([C@H](C)N(C)C(=O)[C@H]2CCN(C)C(=O)C2)cc1. The summed E-state index contributed by atoms with van der Waals surface area (Å²) in [4.78, 5) is 27.8. The number of amides is 2. The highest BCUT2D eigenvalue weighted by molar-refractivity contribution is 5.87. The van der Waals surface area contributed by atoms with Crippen molar-refractivity contribution >= 4 is 11.8 Å². The van der Waals surface area contributed by atoms with Crippen LogP contribution in [0.25, 0.3) is 0 Å². The Morgan fingerprint density at radius 2 is 2.00 bits per heavy atom. The average molecular weight is 304 g/mol. The van der Waals surface area contributed by atoms with Crippen LogP contribution in [0, 0.1) is 5.92 Å². The maximum Gasteiger partial charge on any atom is 0.226 e. The van der Waals surface area contributed by atoms with E-state index in [9.17, 15) is 9.59 Å². The summed E-state index contributed by atoms with van der Waals surface area (Å²) >= 11 is 0. The van der Waals surface area contributed by atoms with Crippen LogP contribution in [0.15, 0.2) is 24.3 Å². The molecular formula is C17H24N2O3. The van der Waals surface area contributed by atoms with E-state index >= 15 is 0 Å². The molecule has 0 aliphatic carbocycles. The molecule has 1 saturated heterocycles. The third-order valence-electron chi connectivity index (χ3n) is 4.54. The number of benzene rings is 1. The van der Waals surface area contributed by atoms with Crippen molar-refractivity contribution in [3.05, 3.63) is 29.8 Å². The minimum Gasteiger partial charge on any atom is -0.497 e. The number of methoxy groups -OCH3 is 1. The van der Waals surface area contributed by atoms with Crippen molar-refractivity contribution in [3.8, 4) is 5.75 Å². The Bertz CT molecular complexity index is 541. The molecule has 2 rings (SSSR count). The predicted octanol–water partition coefficient (Wildman–Crippen LogP) is 2.08. The van der Waals surface area contributed by atoms with Gasteiger partial charge in [-0.25, -0.2) is 0 Å². The highest BCUT2D eigenvalue weighted by Crippen LogP contribution is 2.26. The van der Waals surface area contributed by atoms with Crippen LogP contribution in [0.3, 0.4) is 0 Å². The van der Waals surface area contributed by atoms with Crippen molar-refractivity contribution in [3.63, 3.8) is 0 Å². The first-order valence-corrected chi connectivity index (χ1v) is 7.58. The molecule has 0 saturated carbocycles. The van der Waals surface area contributed by atoms with E-state index in [4.69, 9.17) is 4.74 Å². The van der Waals surface area contributed by atoms with Crippen molar-refractivity contribution in [2.24, 2.45) is 5.92 Å². The zero-order valence-electron chi connectivity index (χ0n) is 13.7. The number of carbonyl (C=O) groups excluding carboxylic acids is 2. The summed E-state index contributed by atoms with van der Waals surface area (Å²) in [6.45, 7) is 2.65. The molecule has 2 amide bonds. The number of likely N-dealkylation sites (tertiary alicyclic amines) is 1. The molecule has 2 atom stereocenters. The molecular weight excluding hydrogens is 280 g/mol. The van der Waals surface area contributed by atoms with Crippen LogP contribution in [0.1, 0.15) is 31.4 Å². The molecule has 1 aromatic carbocycles. The van der Waals surface area contributed by atoms with Gasteiger partial charge in [-0.2, -0.15) is 0 Å². The Morgan fingerprint density at radius 1 is 1.36 bits per heavy atom. The first-order valence-electron chi connectivity index (χ1n) is 7.58. The fraction of sp³-hybridized carbons (Fsp3) is 0.529. The molecule has 0 N–H and O–H groups in total. The lowest BCUT2D eigenvalue weighted by molar-refractivity contribution is -0.144. The van der Waals surface area contributed by atoms with Crippen LogP contribution >= 0.6 is 0 Å². The van der Waals surface area contributed by atoms with Gasteiger partial charge in [0.1, 0.15) is 5.75 Å². The Morgan fingerprint density at radius 3 is 2.55 bits per heavy atom. The van der Waals surface area contributed by atoms with Gasteiger partial charge in [-0.05, 0) is 31.0 Å². The van der Waals surface area contributed by atoms with Gasteiger partial charge in [-0.1, -0.05) is 12.1 Å². The summed E-state index contributed by atoms with van der Waals surface area (Å²) in [5.74, 6) is 0.695. The molecule has 1 heterocycles. The van der Waals surface area contributed by atoms with Crippen LogP contribution in [0.4, 0.5) is 0 Å². The monoisotopic (exact) mass is 304 g/mol. The molecule has 1 aromatic rings. The van der Waals surface area contributed by atoms with Gasteiger partial charge >= 0.3 is 0 Å². The molecule has 0 radical (unpaired) electrons. The van der Waals surface area contributed by atoms with Gasteiger partial charge in [-0.15, -0.1) is 0 Å².